The summed E-state index contributed by atoms with van der Waals surface area (Å²) in [6, 6.07) is 5.82. The van der Waals surface area contributed by atoms with Crippen LogP contribution in [0.15, 0.2) is 18.2 Å². The van der Waals surface area contributed by atoms with Gasteiger partial charge in [0.1, 0.15) is 11.5 Å². The minimum absolute atomic E-state index is 0.0583. The van der Waals surface area contributed by atoms with Crippen LogP contribution in [-0.2, 0) is 0 Å². The number of nitrogens with zero attached hydrogens (tertiary/aromatic N) is 1. The predicted octanol–water partition coefficient (Wildman–Crippen LogP) is 2.01. The van der Waals surface area contributed by atoms with Crippen LogP contribution in [0.25, 0.3) is 0 Å². The fourth-order valence-electron chi connectivity index (χ4n) is 2.73. The number of nitrogens with one attached hydrogen (secondary N) is 1. The van der Waals surface area contributed by atoms with Gasteiger partial charge in [0.05, 0.1) is 20.9 Å². The van der Waals surface area contributed by atoms with Crippen LogP contribution < -0.4 is 14.8 Å². The van der Waals surface area contributed by atoms with Crippen LogP contribution in [0.4, 0.5) is 4.39 Å². The molecule has 1 aliphatic heterocycles. The van der Waals surface area contributed by atoms with Crippen LogP contribution in [-0.4, -0.2) is 52.0 Å². The molecule has 1 aromatic carbocycles. The van der Waals surface area contributed by atoms with E-state index in [1.165, 1.54) is 0 Å². The molecule has 1 aliphatic rings. The van der Waals surface area contributed by atoms with Gasteiger partial charge in [-0.3, -0.25) is 9.29 Å². The molecule has 1 N–H and O–H groups in total. The standard InChI is InChI=1S/C15H23FN2O2/c1-19-12-3-4-13(15(11-12)20-2)14(5-6-16)18-9-7-17-8-10-18/h3-4,11,14,17H,5-10H2,1-2H3/t14-/m1/s1. The molecular weight excluding hydrogens is 259 g/mol. The molecular formula is C15H23FN2O2. The van der Waals surface area contributed by atoms with E-state index in [0.29, 0.717) is 6.42 Å². The summed E-state index contributed by atoms with van der Waals surface area (Å²) >= 11 is 0. The van der Waals surface area contributed by atoms with E-state index in [1.54, 1.807) is 14.2 Å². The number of ether oxygens (including phenoxy) is 2. The molecule has 4 nitrogen and oxygen atoms in total. The number of methoxy groups -OCH3 is 2. The molecule has 5 heteroatoms. The maximum Gasteiger partial charge on any atom is 0.127 e. The lowest BCUT2D eigenvalue weighted by Gasteiger charge is -2.35. The summed E-state index contributed by atoms with van der Waals surface area (Å²) in [7, 11) is 3.27. The summed E-state index contributed by atoms with van der Waals surface area (Å²) in [6.07, 6.45) is 0.489. The SMILES string of the molecule is COc1ccc([C@@H](CCF)N2CCNCC2)c(OC)c1. The second kappa shape index (κ2) is 7.45. The number of rotatable bonds is 6. The van der Waals surface area contributed by atoms with E-state index in [4.69, 9.17) is 9.47 Å². The summed E-state index contributed by atoms with van der Waals surface area (Å²) in [5, 5.41) is 3.32. The molecule has 1 aromatic rings. The van der Waals surface area contributed by atoms with Gasteiger partial charge in [0.2, 0.25) is 0 Å². The van der Waals surface area contributed by atoms with E-state index in [9.17, 15) is 4.39 Å². The highest BCUT2D eigenvalue weighted by atomic mass is 19.1. The molecule has 2 rings (SSSR count). The Morgan fingerprint density at radius 2 is 2.00 bits per heavy atom. The predicted molar refractivity (Wildman–Crippen MR) is 77.3 cm³/mol. The maximum atomic E-state index is 13.0. The van der Waals surface area contributed by atoms with Crippen molar-refractivity contribution in [3.63, 3.8) is 0 Å². The number of hydrogen-bond donors (Lipinski definition) is 1. The first-order chi connectivity index (χ1) is 9.80. The van der Waals surface area contributed by atoms with E-state index in [0.717, 1.165) is 43.2 Å². The second-order valence-electron chi connectivity index (χ2n) is 4.89. The molecule has 0 radical (unpaired) electrons. The average Bonchev–Trinajstić information content (AvgIpc) is 2.53. The number of hydrogen-bond acceptors (Lipinski definition) is 4. The van der Waals surface area contributed by atoms with Crippen LogP contribution in [0.3, 0.4) is 0 Å². The summed E-state index contributed by atoms with van der Waals surface area (Å²) in [4.78, 5) is 2.32. The minimum Gasteiger partial charge on any atom is -0.497 e. The molecule has 0 aliphatic carbocycles. The molecule has 0 unspecified atom stereocenters. The highest BCUT2D eigenvalue weighted by Crippen LogP contribution is 2.34. The van der Waals surface area contributed by atoms with Gasteiger partial charge in [-0.2, -0.15) is 0 Å². The normalized spacial score (nSPS) is 17.8. The molecule has 20 heavy (non-hydrogen) atoms. The second-order valence-corrected chi connectivity index (χ2v) is 4.89. The number of halogens is 1. The van der Waals surface area contributed by atoms with Gasteiger partial charge < -0.3 is 14.8 Å². The van der Waals surface area contributed by atoms with Gasteiger partial charge >= 0.3 is 0 Å². The van der Waals surface area contributed by atoms with Crippen molar-refractivity contribution in [2.24, 2.45) is 0 Å². The average molecular weight is 282 g/mol. The molecule has 0 amide bonds. The van der Waals surface area contributed by atoms with Crippen molar-refractivity contribution in [2.75, 3.05) is 47.1 Å². The third-order valence-corrected chi connectivity index (χ3v) is 3.77. The van der Waals surface area contributed by atoms with Gasteiger partial charge in [-0.15, -0.1) is 0 Å². The molecule has 0 aromatic heterocycles. The number of benzene rings is 1. The first kappa shape index (κ1) is 15.1. The van der Waals surface area contributed by atoms with Crippen LogP contribution in [0.5, 0.6) is 11.5 Å². The van der Waals surface area contributed by atoms with Gasteiger partial charge in [-0.25, -0.2) is 0 Å². The van der Waals surface area contributed by atoms with Gasteiger partial charge in [0.15, 0.2) is 0 Å². The van der Waals surface area contributed by atoms with Gasteiger partial charge in [0, 0.05) is 43.9 Å². The lowest BCUT2D eigenvalue weighted by molar-refractivity contribution is 0.155. The quantitative estimate of drug-likeness (QED) is 0.865. The summed E-state index contributed by atoms with van der Waals surface area (Å²) in [5.74, 6) is 1.52. The summed E-state index contributed by atoms with van der Waals surface area (Å²) in [5.41, 5.74) is 1.04. The van der Waals surface area contributed by atoms with Crippen molar-refractivity contribution in [1.82, 2.24) is 10.2 Å². The third kappa shape index (κ3) is 3.41. The van der Waals surface area contributed by atoms with E-state index < -0.39 is 0 Å². The first-order valence-electron chi connectivity index (χ1n) is 7.02. The maximum absolute atomic E-state index is 13.0. The van der Waals surface area contributed by atoms with Crippen molar-refractivity contribution in [1.29, 1.82) is 0 Å². The van der Waals surface area contributed by atoms with Crippen LogP contribution in [0, 0.1) is 0 Å². The molecule has 0 bridgehead atoms. The van der Waals surface area contributed by atoms with Crippen molar-refractivity contribution >= 4 is 0 Å². The highest BCUT2D eigenvalue weighted by Gasteiger charge is 2.24. The zero-order valence-corrected chi connectivity index (χ0v) is 12.2. The first-order valence-corrected chi connectivity index (χ1v) is 7.02. The number of alkyl halides is 1. The molecule has 1 fully saturated rings. The van der Waals surface area contributed by atoms with E-state index in [2.05, 4.69) is 10.2 Å². The Morgan fingerprint density at radius 3 is 2.60 bits per heavy atom. The Labute approximate surface area is 119 Å². The van der Waals surface area contributed by atoms with Crippen molar-refractivity contribution in [3.8, 4) is 11.5 Å². The monoisotopic (exact) mass is 282 g/mol. The van der Waals surface area contributed by atoms with Gasteiger partial charge in [-0.1, -0.05) is 6.07 Å². The van der Waals surface area contributed by atoms with Crippen LogP contribution in [0.2, 0.25) is 0 Å². The molecule has 1 heterocycles. The number of piperazine rings is 1. The van der Waals surface area contributed by atoms with Crippen molar-refractivity contribution in [2.45, 2.75) is 12.5 Å². The molecule has 1 saturated heterocycles. The van der Waals surface area contributed by atoms with E-state index in [-0.39, 0.29) is 12.7 Å². The van der Waals surface area contributed by atoms with E-state index >= 15 is 0 Å². The molecule has 1 atom stereocenters. The van der Waals surface area contributed by atoms with Crippen LogP contribution >= 0.6 is 0 Å². The highest BCUT2D eigenvalue weighted by molar-refractivity contribution is 5.42. The Bertz CT molecular complexity index is 422. The topological polar surface area (TPSA) is 33.7 Å². The molecule has 112 valence electrons. The Morgan fingerprint density at radius 1 is 1.25 bits per heavy atom. The van der Waals surface area contributed by atoms with Gasteiger partial charge in [-0.05, 0) is 12.5 Å². The zero-order valence-electron chi connectivity index (χ0n) is 12.2. The summed E-state index contributed by atoms with van der Waals surface area (Å²) < 4.78 is 23.6. The Balaban J connectivity index is 2.27. The minimum atomic E-state index is -0.330. The van der Waals surface area contributed by atoms with E-state index in [1.807, 2.05) is 18.2 Å². The largest absolute Gasteiger partial charge is 0.497 e. The third-order valence-electron chi connectivity index (χ3n) is 3.77. The Hall–Kier alpha value is -1.33. The van der Waals surface area contributed by atoms with Crippen molar-refractivity contribution < 1.29 is 13.9 Å². The van der Waals surface area contributed by atoms with Gasteiger partial charge in [0.25, 0.3) is 0 Å². The lowest BCUT2D eigenvalue weighted by atomic mass is 10.00. The molecule has 0 saturated carbocycles. The molecule has 0 spiro atoms. The zero-order chi connectivity index (χ0) is 14.4. The lowest BCUT2D eigenvalue weighted by Crippen LogP contribution is -2.45. The summed E-state index contributed by atoms with van der Waals surface area (Å²) in [6.45, 7) is 3.42. The van der Waals surface area contributed by atoms with Crippen molar-refractivity contribution in [3.05, 3.63) is 23.8 Å². The Kier molecular flexibility index (Phi) is 5.61. The fourth-order valence-corrected chi connectivity index (χ4v) is 2.73. The van der Waals surface area contributed by atoms with Crippen LogP contribution in [0.1, 0.15) is 18.0 Å². The smallest absolute Gasteiger partial charge is 0.127 e. The fraction of sp³-hybridized carbons (Fsp3) is 0.600.